The van der Waals surface area contributed by atoms with Crippen molar-refractivity contribution < 1.29 is 14.3 Å². The number of ether oxygens (including phenoxy) is 2. The molecule has 1 aromatic heterocycles. The first-order chi connectivity index (χ1) is 17.0. The topological polar surface area (TPSA) is 78.7 Å². The summed E-state index contributed by atoms with van der Waals surface area (Å²) in [7, 11) is 0. The van der Waals surface area contributed by atoms with E-state index in [-0.39, 0.29) is 12.1 Å². The van der Waals surface area contributed by atoms with E-state index in [1.807, 2.05) is 26.0 Å². The van der Waals surface area contributed by atoms with Crippen molar-refractivity contribution in [3.63, 3.8) is 0 Å². The summed E-state index contributed by atoms with van der Waals surface area (Å²) >= 11 is 0. The van der Waals surface area contributed by atoms with Crippen LogP contribution in [0.3, 0.4) is 0 Å². The van der Waals surface area contributed by atoms with E-state index < -0.39 is 0 Å². The van der Waals surface area contributed by atoms with Crippen LogP contribution >= 0.6 is 0 Å². The van der Waals surface area contributed by atoms with Crippen molar-refractivity contribution in [2.24, 2.45) is 0 Å². The highest BCUT2D eigenvalue weighted by molar-refractivity contribution is 5.94. The fourth-order valence-electron chi connectivity index (χ4n) is 4.10. The number of hydrogen-bond acceptors (Lipinski definition) is 7. The van der Waals surface area contributed by atoms with Crippen LogP contribution in [0.15, 0.2) is 66.9 Å². The first-order valence-corrected chi connectivity index (χ1v) is 11.9. The SMILES string of the molecule is CC(C)OC(=O)c1cccnc1N1CCN(Cc2cccc(COc3cccc(C#N)c3)c2)CC1. The smallest absolute Gasteiger partial charge is 0.342 e. The van der Waals surface area contributed by atoms with Crippen molar-refractivity contribution in [3.8, 4) is 11.8 Å². The van der Waals surface area contributed by atoms with Crippen LogP contribution in [0.2, 0.25) is 0 Å². The van der Waals surface area contributed by atoms with Gasteiger partial charge >= 0.3 is 5.97 Å². The van der Waals surface area contributed by atoms with E-state index in [4.69, 9.17) is 14.7 Å². The molecule has 180 valence electrons. The molecule has 2 aromatic carbocycles. The molecule has 35 heavy (non-hydrogen) atoms. The molecule has 1 aliphatic heterocycles. The zero-order chi connectivity index (χ0) is 24.6. The molecule has 7 heteroatoms. The first-order valence-electron chi connectivity index (χ1n) is 11.9. The van der Waals surface area contributed by atoms with Gasteiger partial charge in [-0.1, -0.05) is 30.3 Å². The lowest BCUT2D eigenvalue weighted by atomic mass is 10.1. The highest BCUT2D eigenvalue weighted by Gasteiger charge is 2.23. The third-order valence-electron chi connectivity index (χ3n) is 5.79. The van der Waals surface area contributed by atoms with Gasteiger partial charge in [0.25, 0.3) is 0 Å². The number of aromatic nitrogens is 1. The van der Waals surface area contributed by atoms with Crippen molar-refractivity contribution in [1.82, 2.24) is 9.88 Å². The number of rotatable bonds is 8. The van der Waals surface area contributed by atoms with Gasteiger partial charge in [-0.05, 0) is 55.3 Å². The van der Waals surface area contributed by atoms with Crippen LogP contribution in [-0.2, 0) is 17.9 Å². The molecule has 1 saturated heterocycles. The van der Waals surface area contributed by atoms with E-state index >= 15 is 0 Å². The highest BCUT2D eigenvalue weighted by Crippen LogP contribution is 2.22. The Morgan fingerprint density at radius 2 is 1.80 bits per heavy atom. The number of nitrogens with zero attached hydrogens (tertiary/aromatic N) is 4. The molecule has 0 radical (unpaired) electrons. The maximum Gasteiger partial charge on any atom is 0.342 e. The molecule has 1 aliphatic rings. The van der Waals surface area contributed by atoms with Gasteiger partial charge in [0.05, 0.1) is 17.7 Å². The van der Waals surface area contributed by atoms with E-state index in [0.29, 0.717) is 29.3 Å². The Kier molecular flexibility index (Phi) is 7.96. The number of anilines is 1. The molecule has 0 saturated carbocycles. The lowest BCUT2D eigenvalue weighted by molar-refractivity contribution is 0.0378. The summed E-state index contributed by atoms with van der Waals surface area (Å²) in [5.74, 6) is 1.05. The Bertz CT molecular complexity index is 1200. The molecule has 0 bridgehead atoms. The van der Waals surface area contributed by atoms with Crippen molar-refractivity contribution in [2.45, 2.75) is 33.1 Å². The third kappa shape index (κ3) is 6.58. The zero-order valence-electron chi connectivity index (χ0n) is 20.2. The monoisotopic (exact) mass is 470 g/mol. The summed E-state index contributed by atoms with van der Waals surface area (Å²) < 4.78 is 11.3. The molecule has 3 aromatic rings. The van der Waals surface area contributed by atoms with Crippen molar-refractivity contribution in [3.05, 3.63) is 89.1 Å². The van der Waals surface area contributed by atoms with Gasteiger partial charge in [-0.2, -0.15) is 5.26 Å². The number of hydrogen-bond donors (Lipinski definition) is 0. The van der Waals surface area contributed by atoms with E-state index in [1.165, 1.54) is 5.56 Å². The molecule has 1 fully saturated rings. The quantitative estimate of drug-likeness (QED) is 0.451. The third-order valence-corrected chi connectivity index (χ3v) is 5.79. The second-order valence-corrected chi connectivity index (χ2v) is 8.84. The Balaban J connectivity index is 1.33. The summed E-state index contributed by atoms with van der Waals surface area (Å²) in [5.41, 5.74) is 3.42. The van der Waals surface area contributed by atoms with Gasteiger partial charge in [0.2, 0.25) is 0 Å². The summed E-state index contributed by atoms with van der Waals surface area (Å²) in [6, 6.07) is 21.3. The van der Waals surface area contributed by atoms with Crippen LogP contribution < -0.4 is 9.64 Å². The average molecular weight is 471 g/mol. The molecular weight excluding hydrogens is 440 g/mol. The second kappa shape index (κ2) is 11.5. The lowest BCUT2D eigenvalue weighted by Gasteiger charge is -2.36. The molecule has 0 unspecified atom stereocenters. The first kappa shape index (κ1) is 24.2. The Morgan fingerprint density at radius 1 is 1.03 bits per heavy atom. The van der Waals surface area contributed by atoms with Gasteiger partial charge in [0, 0.05) is 38.9 Å². The molecule has 0 aliphatic carbocycles. The maximum absolute atomic E-state index is 12.5. The predicted molar refractivity (Wildman–Crippen MR) is 134 cm³/mol. The van der Waals surface area contributed by atoms with E-state index in [1.54, 1.807) is 30.5 Å². The lowest BCUT2D eigenvalue weighted by Crippen LogP contribution is -2.46. The molecular formula is C28H30N4O3. The summed E-state index contributed by atoms with van der Waals surface area (Å²) in [4.78, 5) is 21.6. The van der Waals surface area contributed by atoms with Gasteiger partial charge in [-0.25, -0.2) is 9.78 Å². The number of carbonyl (C=O) groups excluding carboxylic acids is 1. The van der Waals surface area contributed by atoms with Crippen molar-refractivity contribution in [2.75, 3.05) is 31.1 Å². The Labute approximate surface area is 206 Å². The molecule has 0 N–H and O–H groups in total. The molecule has 4 rings (SSSR count). The number of pyridine rings is 1. The Morgan fingerprint density at radius 3 is 2.57 bits per heavy atom. The van der Waals surface area contributed by atoms with E-state index in [2.05, 4.69) is 45.1 Å². The van der Waals surface area contributed by atoms with Crippen LogP contribution in [-0.4, -0.2) is 48.1 Å². The average Bonchev–Trinajstić information content (AvgIpc) is 2.88. The van der Waals surface area contributed by atoms with Crippen molar-refractivity contribution in [1.29, 1.82) is 5.26 Å². The Hall–Kier alpha value is -3.89. The minimum Gasteiger partial charge on any atom is -0.489 e. The summed E-state index contributed by atoms with van der Waals surface area (Å²) in [6.07, 6.45) is 1.55. The minimum atomic E-state index is -0.330. The maximum atomic E-state index is 12.5. The fourth-order valence-corrected chi connectivity index (χ4v) is 4.10. The van der Waals surface area contributed by atoms with E-state index in [0.717, 1.165) is 38.3 Å². The largest absolute Gasteiger partial charge is 0.489 e. The van der Waals surface area contributed by atoms with Crippen LogP contribution in [0.4, 0.5) is 5.82 Å². The van der Waals surface area contributed by atoms with Crippen LogP contribution in [0.25, 0.3) is 0 Å². The second-order valence-electron chi connectivity index (χ2n) is 8.84. The van der Waals surface area contributed by atoms with E-state index in [9.17, 15) is 4.79 Å². The normalized spacial score (nSPS) is 13.9. The van der Waals surface area contributed by atoms with Crippen LogP contribution in [0.5, 0.6) is 5.75 Å². The van der Waals surface area contributed by atoms with Crippen LogP contribution in [0, 0.1) is 11.3 Å². The molecule has 7 nitrogen and oxygen atoms in total. The molecule has 0 atom stereocenters. The molecule has 2 heterocycles. The fraction of sp³-hybridized carbons (Fsp3) is 0.321. The number of nitriles is 1. The summed E-state index contributed by atoms with van der Waals surface area (Å²) in [5, 5.41) is 9.05. The van der Waals surface area contributed by atoms with Gasteiger partial charge in [-0.15, -0.1) is 0 Å². The minimum absolute atomic E-state index is 0.170. The molecule has 0 spiro atoms. The predicted octanol–water partition coefficient (Wildman–Crippen LogP) is 4.42. The van der Waals surface area contributed by atoms with Crippen molar-refractivity contribution >= 4 is 11.8 Å². The number of esters is 1. The zero-order valence-corrected chi connectivity index (χ0v) is 20.2. The number of piperazine rings is 1. The standard InChI is InChI=1S/C28H30N4O3/c1-21(2)35-28(33)26-10-5-11-30-27(26)32-14-12-31(13-15-32)19-23-7-3-8-24(16-23)20-34-25-9-4-6-22(17-25)18-29/h3-11,16-17,21H,12-15,19-20H2,1-2H3. The highest BCUT2D eigenvalue weighted by atomic mass is 16.5. The van der Waals surface area contributed by atoms with Crippen LogP contribution in [0.1, 0.15) is 40.9 Å². The van der Waals surface area contributed by atoms with Gasteiger partial charge < -0.3 is 14.4 Å². The number of benzene rings is 2. The van der Waals surface area contributed by atoms with Gasteiger partial charge in [0.15, 0.2) is 0 Å². The summed E-state index contributed by atoms with van der Waals surface area (Å²) in [6.45, 7) is 8.31. The van der Waals surface area contributed by atoms with Gasteiger partial charge in [0.1, 0.15) is 23.7 Å². The molecule has 0 amide bonds. The number of carbonyl (C=O) groups is 1. The van der Waals surface area contributed by atoms with Gasteiger partial charge in [-0.3, -0.25) is 4.90 Å².